The van der Waals surface area contributed by atoms with Gasteiger partial charge in [-0.1, -0.05) is 115 Å². The molecule has 0 aliphatic carbocycles. The fourth-order valence-electron chi connectivity index (χ4n) is 8.81. The Kier molecular flexibility index (Phi) is 5.23. The maximum Gasteiger partial charge on any atom is 0.144 e. The second kappa shape index (κ2) is 9.75. The summed E-state index contributed by atoms with van der Waals surface area (Å²) in [5.74, 6) is 1.12. The van der Waals surface area contributed by atoms with Crippen LogP contribution in [-0.4, -0.2) is 6.61 Å². The molecule has 3 nitrogen and oxygen atoms in total. The Balaban J connectivity index is 1.22. The Labute approximate surface area is 289 Å². The molecule has 11 aromatic rings. The van der Waals surface area contributed by atoms with Gasteiger partial charge in [-0.25, -0.2) is 0 Å². The van der Waals surface area contributed by atoms with Crippen molar-refractivity contribution < 1.29 is 13.6 Å². The highest BCUT2D eigenvalue weighted by Gasteiger charge is 2.33. The number of furan rings is 2. The van der Waals surface area contributed by atoms with E-state index in [2.05, 4.69) is 127 Å². The van der Waals surface area contributed by atoms with Gasteiger partial charge in [0.2, 0.25) is 0 Å². The molecule has 0 bridgehead atoms. The summed E-state index contributed by atoms with van der Waals surface area (Å²) in [5.41, 5.74) is 8.31. The molecule has 4 heterocycles. The Bertz CT molecular complexity index is 3170. The lowest BCUT2D eigenvalue weighted by Gasteiger charge is -2.21. The summed E-state index contributed by atoms with van der Waals surface area (Å²) in [6, 6.07) is 49.9. The molecule has 8 aromatic carbocycles. The fourth-order valence-corrected chi connectivity index (χ4v) is 10.0. The highest BCUT2D eigenvalue weighted by atomic mass is 32.1. The summed E-state index contributed by atoms with van der Waals surface area (Å²) in [7, 11) is 0. The molecule has 1 aliphatic rings. The van der Waals surface area contributed by atoms with Crippen molar-refractivity contribution in [1.29, 1.82) is 0 Å². The maximum atomic E-state index is 6.84. The summed E-state index contributed by atoms with van der Waals surface area (Å²) in [6.07, 6.45) is 0. The van der Waals surface area contributed by atoms with Crippen molar-refractivity contribution in [2.75, 3.05) is 6.61 Å². The SMILES string of the molecule is c1ccc2c(c1)oc1c(-c3c4ccccc4c(C4COc5c4ccc4c5sc5ccccc54)c4ccccc34)c3c(cc12)oc1ccccc13. The molecule has 0 spiro atoms. The predicted molar refractivity (Wildman–Crippen MR) is 208 cm³/mol. The quantitative estimate of drug-likeness (QED) is 0.173. The van der Waals surface area contributed by atoms with Crippen molar-refractivity contribution in [3.05, 3.63) is 151 Å². The number of hydrogen-bond acceptors (Lipinski definition) is 4. The molecule has 50 heavy (non-hydrogen) atoms. The molecular weight excluding hydrogens is 633 g/mol. The Hall–Kier alpha value is -6.10. The molecule has 12 rings (SSSR count). The molecular formula is C46H26O3S. The highest BCUT2D eigenvalue weighted by molar-refractivity contribution is 7.26. The molecule has 0 N–H and O–H groups in total. The molecule has 0 amide bonds. The van der Waals surface area contributed by atoms with E-state index in [1.807, 2.05) is 23.5 Å². The van der Waals surface area contributed by atoms with E-state index in [1.54, 1.807) is 0 Å². The van der Waals surface area contributed by atoms with Gasteiger partial charge in [-0.15, -0.1) is 11.3 Å². The number of fused-ring (bicyclic) bond motifs is 13. The first-order valence-corrected chi connectivity index (χ1v) is 17.9. The first-order valence-electron chi connectivity index (χ1n) is 17.1. The van der Waals surface area contributed by atoms with Crippen LogP contribution >= 0.6 is 11.3 Å². The predicted octanol–water partition coefficient (Wildman–Crippen LogP) is 13.4. The zero-order chi connectivity index (χ0) is 32.5. The standard InChI is InChI=1S/C46H26O3S/c1-3-15-29-27(13-1)40(35-24-47-45-31(35)21-22-32-26-12-7-10-20-39(26)50-46(32)45)28-14-2-4-16-30(28)41(29)43-42-33-17-6-9-19-37(33)48-38(42)23-34-25-11-5-8-18-36(25)49-44(34)43/h1-23,35H,24H2. The monoisotopic (exact) mass is 658 g/mol. The minimum absolute atomic E-state index is 0.0835. The van der Waals surface area contributed by atoms with Gasteiger partial charge in [0.25, 0.3) is 0 Å². The molecule has 234 valence electrons. The fraction of sp³-hybridized carbons (Fsp3) is 0.0435. The van der Waals surface area contributed by atoms with Crippen LogP contribution in [0.25, 0.3) is 96.7 Å². The number of thiophene rings is 1. The Morgan fingerprint density at radius 1 is 0.480 bits per heavy atom. The largest absolute Gasteiger partial charge is 0.491 e. The van der Waals surface area contributed by atoms with Crippen molar-refractivity contribution >= 4 is 96.9 Å². The molecule has 0 saturated carbocycles. The lowest BCUT2D eigenvalue weighted by atomic mass is 9.81. The topological polar surface area (TPSA) is 35.5 Å². The molecule has 1 atom stereocenters. The second-order valence-corrected chi connectivity index (χ2v) is 14.5. The third-order valence-corrected chi connectivity index (χ3v) is 12.1. The van der Waals surface area contributed by atoms with Gasteiger partial charge in [-0.3, -0.25) is 0 Å². The third-order valence-electron chi connectivity index (χ3n) is 10.9. The molecule has 4 heteroatoms. The molecule has 0 fully saturated rings. The number of ether oxygens (including phenoxy) is 1. The lowest BCUT2D eigenvalue weighted by molar-refractivity contribution is 0.347. The summed E-state index contributed by atoms with van der Waals surface area (Å²) in [4.78, 5) is 0. The van der Waals surface area contributed by atoms with Crippen molar-refractivity contribution in [3.8, 4) is 16.9 Å². The summed E-state index contributed by atoms with van der Waals surface area (Å²) >= 11 is 1.83. The van der Waals surface area contributed by atoms with Crippen LogP contribution in [0.2, 0.25) is 0 Å². The second-order valence-electron chi connectivity index (χ2n) is 13.4. The van der Waals surface area contributed by atoms with Crippen molar-refractivity contribution in [3.63, 3.8) is 0 Å². The molecule has 1 aliphatic heterocycles. The average Bonchev–Trinajstić information content (AvgIpc) is 3.94. The minimum atomic E-state index is 0.0835. The number of benzene rings is 8. The van der Waals surface area contributed by atoms with Gasteiger partial charge >= 0.3 is 0 Å². The van der Waals surface area contributed by atoms with Crippen molar-refractivity contribution in [2.24, 2.45) is 0 Å². The van der Waals surface area contributed by atoms with Crippen LogP contribution in [0.1, 0.15) is 17.0 Å². The van der Waals surface area contributed by atoms with E-state index in [-0.39, 0.29) is 5.92 Å². The summed E-state index contributed by atoms with van der Waals surface area (Å²) < 4.78 is 22.7. The van der Waals surface area contributed by atoms with Crippen LogP contribution in [0.15, 0.2) is 148 Å². The van der Waals surface area contributed by atoms with Gasteiger partial charge in [0.15, 0.2) is 0 Å². The summed E-state index contributed by atoms with van der Waals surface area (Å²) in [6.45, 7) is 0.603. The van der Waals surface area contributed by atoms with E-state index in [0.717, 1.165) is 55.2 Å². The lowest BCUT2D eigenvalue weighted by Crippen LogP contribution is -2.05. The van der Waals surface area contributed by atoms with E-state index in [0.29, 0.717) is 6.61 Å². The Morgan fingerprint density at radius 3 is 1.86 bits per heavy atom. The minimum Gasteiger partial charge on any atom is -0.491 e. The maximum absolute atomic E-state index is 6.84. The zero-order valence-electron chi connectivity index (χ0n) is 26.7. The van der Waals surface area contributed by atoms with Gasteiger partial charge in [-0.05, 0) is 51.4 Å². The molecule has 0 saturated heterocycles. The van der Waals surface area contributed by atoms with Gasteiger partial charge in [0.05, 0.1) is 11.3 Å². The number of hydrogen-bond donors (Lipinski definition) is 0. The van der Waals surface area contributed by atoms with Crippen LogP contribution in [0.4, 0.5) is 0 Å². The van der Waals surface area contributed by atoms with Crippen molar-refractivity contribution in [2.45, 2.75) is 5.92 Å². The summed E-state index contributed by atoms with van der Waals surface area (Å²) in [5, 5.41) is 11.7. The average molecular weight is 659 g/mol. The van der Waals surface area contributed by atoms with Crippen LogP contribution in [0, 0.1) is 0 Å². The van der Waals surface area contributed by atoms with E-state index >= 15 is 0 Å². The molecule has 0 radical (unpaired) electrons. The first-order chi connectivity index (χ1) is 24.8. The van der Waals surface area contributed by atoms with E-state index < -0.39 is 0 Å². The molecule has 1 unspecified atom stereocenters. The van der Waals surface area contributed by atoms with E-state index in [1.165, 1.54) is 58.4 Å². The van der Waals surface area contributed by atoms with Crippen LogP contribution in [-0.2, 0) is 0 Å². The van der Waals surface area contributed by atoms with Crippen LogP contribution < -0.4 is 4.74 Å². The number of para-hydroxylation sites is 2. The van der Waals surface area contributed by atoms with Gasteiger partial charge in [0.1, 0.15) is 28.1 Å². The van der Waals surface area contributed by atoms with E-state index in [4.69, 9.17) is 13.6 Å². The van der Waals surface area contributed by atoms with Crippen LogP contribution in [0.3, 0.4) is 0 Å². The van der Waals surface area contributed by atoms with Gasteiger partial charge in [0, 0.05) is 59.6 Å². The number of rotatable bonds is 2. The highest BCUT2D eigenvalue weighted by Crippen LogP contribution is 2.53. The third kappa shape index (κ3) is 3.43. The Morgan fingerprint density at radius 2 is 1.10 bits per heavy atom. The van der Waals surface area contributed by atoms with Crippen molar-refractivity contribution in [1.82, 2.24) is 0 Å². The zero-order valence-corrected chi connectivity index (χ0v) is 27.5. The van der Waals surface area contributed by atoms with Gasteiger partial charge in [-0.2, -0.15) is 0 Å². The molecule has 3 aromatic heterocycles. The first kappa shape index (κ1) is 26.8. The van der Waals surface area contributed by atoms with Gasteiger partial charge < -0.3 is 13.6 Å². The smallest absolute Gasteiger partial charge is 0.144 e. The normalized spacial score (nSPS) is 14.7. The van der Waals surface area contributed by atoms with Crippen LogP contribution in [0.5, 0.6) is 5.75 Å². The van der Waals surface area contributed by atoms with E-state index in [9.17, 15) is 0 Å².